The van der Waals surface area contributed by atoms with E-state index in [1.165, 1.54) is 25.2 Å². The summed E-state index contributed by atoms with van der Waals surface area (Å²) in [6.45, 7) is 10.0. The highest BCUT2D eigenvalue weighted by molar-refractivity contribution is 5.86. The van der Waals surface area contributed by atoms with Gasteiger partial charge in [-0.05, 0) is 65.4 Å². The maximum atomic E-state index is 12.7. The number of alkyl carbamates (subject to hydrolysis) is 1. The summed E-state index contributed by atoms with van der Waals surface area (Å²) in [6, 6.07) is 11.3. The summed E-state index contributed by atoms with van der Waals surface area (Å²) < 4.78 is 7.95. The number of aromatic carboxylic acids is 1. The van der Waals surface area contributed by atoms with Gasteiger partial charge >= 0.3 is 12.1 Å². The number of hydrogen-bond acceptors (Lipinski definition) is 9. The van der Waals surface area contributed by atoms with Crippen LogP contribution in [0.4, 0.5) is 10.7 Å². The first-order chi connectivity index (χ1) is 21.1. The molecule has 1 amide bonds. The number of ether oxygens (including phenoxy) is 1. The van der Waals surface area contributed by atoms with Crippen LogP contribution >= 0.6 is 0 Å². The van der Waals surface area contributed by atoms with E-state index in [9.17, 15) is 9.59 Å². The van der Waals surface area contributed by atoms with E-state index in [0.717, 1.165) is 56.1 Å². The minimum atomic E-state index is -1.03. The monoisotopic (exact) mass is 602 g/mol. The van der Waals surface area contributed by atoms with Gasteiger partial charge < -0.3 is 24.6 Å². The normalized spacial score (nSPS) is 22.8. The maximum Gasteiger partial charge on any atom is 0.408 e. The highest BCUT2D eigenvalue weighted by Gasteiger charge is 2.43. The van der Waals surface area contributed by atoms with Crippen molar-refractivity contribution in [3.8, 4) is 0 Å². The molecular formula is C32H42N8O4. The number of carboxylic acids is 1. The van der Waals surface area contributed by atoms with Crippen molar-refractivity contribution in [2.75, 3.05) is 24.5 Å². The highest BCUT2D eigenvalue weighted by Crippen LogP contribution is 2.43. The Morgan fingerprint density at radius 3 is 2.30 bits per heavy atom. The number of fused-ring (bicyclic) bond motifs is 2. The lowest BCUT2D eigenvalue weighted by molar-refractivity contribution is 0.0488. The van der Waals surface area contributed by atoms with Gasteiger partial charge in [-0.15, -0.1) is 10.2 Å². The zero-order chi connectivity index (χ0) is 31.0. The van der Waals surface area contributed by atoms with E-state index in [4.69, 9.17) is 9.84 Å². The summed E-state index contributed by atoms with van der Waals surface area (Å²) >= 11 is 0. The Morgan fingerprint density at radius 2 is 1.68 bits per heavy atom. The van der Waals surface area contributed by atoms with E-state index >= 15 is 0 Å². The molecule has 0 saturated carbocycles. The summed E-state index contributed by atoms with van der Waals surface area (Å²) in [5, 5.41) is 21.4. The topological polar surface area (TPSA) is 139 Å². The number of carbonyl (C=O) groups excluding carboxylic acids is 1. The second-order valence-electron chi connectivity index (χ2n) is 13.3. The molecule has 3 atom stereocenters. The van der Waals surface area contributed by atoms with Crippen LogP contribution in [0.3, 0.4) is 0 Å². The molecule has 0 radical (unpaired) electrons. The Bertz CT molecular complexity index is 1450. The SMILES string of the molecule is Cc1nnc(C2CN(c3ncc(C(=O)O)cn3)C2)n1C1CC2CCC(C1)N2CC[C@H](NC(=O)OC(C)(C)C)c1ccccc1. The van der Waals surface area contributed by atoms with Crippen LogP contribution in [-0.4, -0.2) is 84.1 Å². The molecule has 12 heteroatoms. The number of carboxylic acid groups (broad SMARTS) is 1. The van der Waals surface area contributed by atoms with Crippen LogP contribution in [0.2, 0.25) is 0 Å². The number of benzene rings is 1. The van der Waals surface area contributed by atoms with Crippen molar-refractivity contribution < 1.29 is 19.4 Å². The summed E-state index contributed by atoms with van der Waals surface area (Å²) in [6.07, 6.45) is 7.57. The van der Waals surface area contributed by atoms with Crippen molar-refractivity contribution >= 4 is 18.0 Å². The number of carbonyl (C=O) groups is 2. The van der Waals surface area contributed by atoms with Gasteiger partial charge in [-0.25, -0.2) is 19.6 Å². The predicted molar refractivity (Wildman–Crippen MR) is 164 cm³/mol. The van der Waals surface area contributed by atoms with E-state index < -0.39 is 11.6 Å². The van der Waals surface area contributed by atoms with Crippen molar-refractivity contribution in [2.45, 2.75) is 95.5 Å². The van der Waals surface area contributed by atoms with Gasteiger partial charge in [-0.3, -0.25) is 4.90 Å². The fraction of sp³-hybridized carbons (Fsp3) is 0.562. The Morgan fingerprint density at radius 1 is 1.02 bits per heavy atom. The third-order valence-corrected chi connectivity index (χ3v) is 9.10. The van der Waals surface area contributed by atoms with Crippen LogP contribution in [-0.2, 0) is 4.74 Å². The Kier molecular flexibility index (Phi) is 8.28. The van der Waals surface area contributed by atoms with Crippen molar-refractivity contribution in [3.63, 3.8) is 0 Å². The molecule has 2 N–H and O–H groups in total. The molecule has 2 bridgehead atoms. The van der Waals surface area contributed by atoms with Gasteiger partial charge in [0.25, 0.3) is 0 Å². The molecule has 3 aliphatic heterocycles. The molecule has 2 aromatic heterocycles. The molecular weight excluding hydrogens is 560 g/mol. The molecule has 3 fully saturated rings. The predicted octanol–water partition coefficient (Wildman–Crippen LogP) is 4.50. The molecule has 5 heterocycles. The van der Waals surface area contributed by atoms with Gasteiger partial charge in [0.1, 0.15) is 17.2 Å². The Balaban J connectivity index is 1.09. The van der Waals surface area contributed by atoms with Crippen molar-refractivity contribution in [1.82, 2.24) is 34.9 Å². The van der Waals surface area contributed by atoms with Crippen LogP contribution in [0.5, 0.6) is 0 Å². The summed E-state index contributed by atoms with van der Waals surface area (Å²) in [5.74, 6) is 1.69. The third-order valence-electron chi connectivity index (χ3n) is 9.10. The number of aromatic nitrogens is 5. The van der Waals surface area contributed by atoms with E-state index in [-0.39, 0.29) is 23.6 Å². The number of nitrogens with zero attached hydrogens (tertiary/aromatic N) is 7. The summed E-state index contributed by atoms with van der Waals surface area (Å²) in [5.41, 5.74) is 0.616. The molecule has 12 nitrogen and oxygen atoms in total. The van der Waals surface area contributed by atoms with Crippen LogP contribution < -0.4 is 10.2 Å². The molecule has 0 aliphatic carbocycles. The summed E-state index contributed by atoms with van der Waals surface area (Å²) in [7, 11) is 0. The number of aryl methyl sites for hydroxylation is 1. The average molecular weight is 603 g/mol. The van der Waals surface area contributed by atoms with Gasteiger partial charge in [-0.2, -0.15) is 0 Å². The van der Waals surface area contributed by atoms with Crippen LogP contribution in [0.15, 0.2) is 42.7 Å². The number of hydrogen-bond donors (Lipinski definition) is 2. The molecule has 234 valence electrons. The summed E-state index contributed by atoms with van der Waals surface area (Å²) in [4.78, 5) is 37.0. The van der Waals surface area contributed by atoms with Gasteiger partial charge in [0.15, 0.2) is 0 Å². The highest BCUT2D eigenvalue weighted by atomic mass is 16.6. The van der Waals surface area contributed by atoms with Crippen LogP contribution in [0.1, 0.15) is 98.4 Å². The molecule has 6 rings (SSSR count). The maximum absolute atomic E-state index is 12.7. The number of piperidine rings is 1. The third kappa shape index (κ3) is 6.40. The fourth-order valence-corrected chi connectivity index (χ4v) is 7.07. The van der Waals surface area contributed by atoms with E-state index in [1.54, 1.807) is 0 Å². The van der Waals surface area contributed by atoms with E-state index in [1.807, 2.05) is 50.8 Å². The Hall–Kier alpha value is -4.06. The van der Waals surface area contributed by atoms with Crippen LogP contribution in [0.25, 0.3) is 0 Å². The second-order valence-corrected chi connectivity index (χ2v) is 13.3. The number of amides is 1. The molecule has 0 spiro atoms. The lowest BCUT2D eigenvalue weighted by atomic mass is 9.93. The molecule has 3 aliphatic rings. The number of nitrogens with one attached hydrogen (secondary N) is 1. The standard InChI is InChI=1S/C32H42N8O4/c1-20-36-37-28(23-18-38(19-23)30-33-16-22(17-34-30)29(41)42)40(20)26-14-24-10-11-25(15-26)39(24)13-12-27(21-8-6-5-7-9-21)35-31(43)44-32(2,3)4/h5-9,16-17,23-27H,10-15,18-19H2,1-4H3,(H,35,43)(H,41,42)/t24?,25?,26?,27-/m0/s1. The lowest BCUT2D eigenvalue weighted by Crippen LogP contribution is -2.48. The first-order valence-electron chi connectivity index (χ1n) is 15.6. The largest absolute Gasteiger partial charge is 0.478 e. The average Bonchev–Trinajstić information content (AvgIpc) is 3.44. The lowest BCUT2D eigenvalue weighted by Gasteiger charge is -2.42. The van der Waals surface area contributed by atoms with E-state index in [2.05, 4.69) is 47.1 Å². The second kappa shape index (κ2) is 12.1. The van der Waals surface area contributed by atoms with E-state index in [0.29, 0.717) is 24.1 Å². The number of rotatable bonds is 9. The Labute approximate surface area is 257 Å². The molecule has 3 saturated heterocycles. The fourth-order valence-electron chi connectivity index (χ4n) is 7.07. The molecule has 1 aromatic carbocycles. The first kappa shape index (κ1) is 30.0. The van der Waals surface area contributed by atoms with Crippen molar-refractivity contribution in [1.29, 1.82) is 0 Å². The zero-order valence-corrected chi connectivity index (χ0v) is 25.9. The van der Waals surface area contributed by atoms with Gasteiger partial charge in [-0.1, -0.05) is 30.3 Å². The zero-order valence-electron chi connectivity index (χ0n) is 25.9. The van der Waals surface area contributed by atoms with Crippen molar-refractivity contribution in [2.24, 2.45) is 0 Å². The number of anilines is 1. The quantitative estimate of drug-likeness (QED) is 0.360. The minimum absolute atomic E-state index is 0.0806. The minimum Gasteiger partial charge on any atom is -0.478 e. The van der Waals surface area contributed by atoms with Crippen LogP contribution in [0, 0.1) is 6.92 Å². The smallest absolute Gasteiger partial charge is 0.408 e. The molecule has 3 aromatic rings. The molecule has 2 unspecified atom stereocenters. The van der Waals surface area contributed by atoms with Gasteiger partial charge in [0.05, 0.1) is 17.5 Å². The van der Waals surface area contributed by atoms with Crippen molar-refractivity contribution in [3.05, 3.63) is 65.5 Å². The van der Waals surface area contributed by atoms with Gasteiger partial charge in [0, 0.05) is 50.2 Å². The molecule has 44 heavy (non-hydrogen) atoms. The first-order valence-corrected chi connectivity index (χ1v) is 15.6. The van der Waals surface area contributed by atoms with Gasteiger partial charge in [0.2, 0.25) is 5.95 Å².